The molecule has 10 nitrogen and oxygen atoms in total. The Balaban J connectivity index is 1.89. The Bertz CT molecular complexity index is 1290. The van der Waals surface area contributed by atoms with E-state index in [1.54, 1.807) is 7.05 Å². The maximum atomic E-state index is 13.6. The number of carbonyl (C=O) groups excluding carboxylic acids is 1. The van der Waals surface area contributed by atoms with Gasteiger partial charge in [-0.05, 0) is 24.6 Å². The molecule has 2 heterocycles. The Morgan fingerprint density at radius 2 is 2.09 bits per heavy atom. The molecular weight excluding hydrogens is 451 g/mol. The molecule has 0 saturated carbocycles. The van der Waals surface area contributed by atoms with E-state index in [-0.39, 0.29) is 41.3 Å². The second kappa shape index (κ2) is 10.0. The van der Waals surface area contributed by atoms with Crippen LogP contribution >= 0.6 is 0 Å². The quantitative estimate of drug-likeness (QED) is 0.326. The summed E-state index contributed by atoms with van der Waals surface area (Å²) in [6.07, 6.45) is 4.17. The number of hydrogen-bond acceptors (Lipinski definition) is 8. The average Bonchev–Trinajstić information content (AvgIpc) is 3.20. The number of nitrogens with one attached hydrogen (secondary N) is 4. The fraction of sp³-hybridized carbons (Fsp3) is 0.333. The third kappa shape index (κ3) is 5.90. The first kappa shape index (κ1) is 24.3. The van der Waals surface area contributed by atoms with Crippen molar-refractivity contribution in [1.29, 1.82) is 5.41 Å². The van der Waals surface area contributed by atoms with Crippen LogP contribution in [0.1, 0.15) is 28.0 Å². The van der Waals surface area contributed by atoms with Crippen LogP contribution in [0.5, 0.6) is 0 Å². The number of nitrogens with zero attached hydrogens (tertiary/aromatic N) is 2. The van der Waals surface area contributed by atoms with Gasteiger partial charge in [0.25, 0.3) is 5.91 Å². The maximum absolute atomic E-state index is 13.6. The number of amides is 1. The Morgan fingerprint density at radius 3 is 2.76 bits per heavy atom. The van der Waals surface area contributed by atoms with Gasteiger partial charge >= 0.3 is 0 Å². The summed E-state index contributed by atoms with van der Waals surface area (Å²) in [5.74, 6) is -1.02. The SMILES string of the molecule is CNc1cc(F)ccc1C(=N)c1cnc2[nH]cc(C(=O)N[C@@H](CCS(C)(=O)=O)COC)c2n1. The van der Waals surface area contributed by atoms with Gasteiger partial charge in [-0.2, -0.15) is 0 Å². The minimum atomic E-state index is -3.20. The zero-order valence-electron chi connectivity index (χ0n) is 18.4. The molecule has 176 valence electrons. The number of aromatic nitrogens is 3. The number of fused-ring (bicyclic) bond motifs is 1. The van der Waals surface area contributed by atoms with Crippen LogP contribution in [0.3, 0.4) is 0 Å². The molecule has 0 spiro atoms. The Kier molecular flexibility index (Phi) is 7.39. The van der Waals surface area contributed by atoms with Gasteiger partial charge in [0.15, 0.2) is 5.65 Å². The predicted octanol–water partition coefficient (Wildman–Crippen LogP) is 1.73. The van der Waals surface area contributed by atoms with Crippen molar-refractivity contribution >= 4 is 38.3 Å². The van der Waals surface area contributed by atoms with Crippen molar-refractivity contribution < 1.29 is 22.3 Å². The summed E-state index contributed by atoms with van der Waals surface area (Å²) in [6.45, 7) is 0.141. The van der Waals surface area contributed by atoms with Gasteiger partial charge in [0.1, 0.15) is 26.9 Å². The highest BCUT2D eigenvalue weighted by atomic mass is 32.2. The zero-order valence-corrected chi connectivity index (χ0v) is 19.2. The summed E-state index contributed by atoms with van der Waals surface area (Å²) in [4.78, 5) is 24.5. The molecule has 0 aliphatic heterocycles. The van der Waals surface area contributed by atoms with E-state index in [0.29, 0.717) is 16.9 Å². The highest BCUT2D eigenvalue weighted by Crippen LogP contribution is 2.21. The molecule has 1 amide bonds. The Labute approximate surface area is 190 Å². The van der Waals surface area contributed by atoms with Gasteiger partial charge in [-0.15, -0.1) is 0 Å². The van der Waals surface area contributed by atoms with E-state index in [1.165, 1.54) is 37.7 Å². The van der Waals surface area contributed by atoms with Gasteiger partial charge < -0.3 is 20.4 Å². The molecule has 33 heavy (non-hydrogen) atoms. The molecule has 4 N–H and O–H groups in total. The van der Waals surface area contributed by atoms with Crippen molar-refractivity contribution in [2.45, 2.75) is 12.5 Å². The summed E-state index contributed by atoms with van der Waals surface area (Å²) < 4.78 is 41.6. The van der Waals surface area contributed by atoms with Crippen LogP contribution < -0.4 is 10.6 Å². The van der Waals surface area contributed by atoms with E-state index < -0.39 is 27.6 Å². The monoisotopic (exact) mass is 476 g/mol. The molecule has 0 saturated heterocycles. The molecule has 0 fully saturated rings. The number of rotatable bonds is 10. The number of benzene rings is 1. The summed E-state index contributed by atoms with van der Waals surface area (Å²) in [5.41, 5.74) is 1.85. The molecule has 2 aromatic heterocycles. The summed E-state index contributed by atoms with van der Waals surface area (Å²) >= 11 is 0. The van der Waals surface area contributed by atoms with E-state index in [4.69, 9.17) is 10.1 Å². The lowest BCUT2D eigenvalue weighted by molar-refractivity contribution is 0.0896. The fourth-order valence-electron chi connectivity index (χ4n) is 3.28. The van der Waals surface area contributed by atoms with Gasteiger partial charge in [-0.1, -0.05) is 0 Å². The highest BCUT2D eigenvalue weighted by Gasteiger charge is 2.21. The van der Waals surface area contributed by atoms with Crippen molar-refractivity contribution in [2.75, 3.05) is 38.1 Å². The van der Waals surface area contributed by atoms with Crippen molar-refractivity contribution in [2.24, 2.45) is 0 Å². The molecule has 12 heteroatoms. The molecule has 0 aliphatic rings. The molecule has 1 aromatic carbocycles. The van der Waals surface area contributed by atoms with Crippen LogP contribution in [-0.4, -0.2) is 73.8 Å². The minimum Gasteiger partial charge on any atom is -0.387 e. The number of halogens is 1. The van der Waals surface area contributed by atoms with Crippen LogP contribution in [0.25, 0.3) is 11.2 Å². The molecule has 3 aromatic rings. The normalized spacial score (nSPS) is 12.5. The summed E-state index contributed by atoms with van der Waals surface area (Å²) in [7, 11) is -0.117. The van der Waals surface area contributed by atoms with E-state index in [9.17, 15) is 17.6 Å². The van der Waals surface area contributed by atoms with Gasteiger partial charge in [0, 0.05) is 37.9 Å². The topological polar surface area (TPSA) is 150 Å². The van der Waals surface area contributed by atoms with E-state index >= 15 is 0 Å². The molecule has 0 radical (unpaired) electrons. The van der Waals surface area contributed by atoms with Crippen LogP contribution in [0, 0.1) is 11.2 Å². The van der Waals surface area contributed by atoms with Crippen LogP contribution in [-0.2, 0) is 14.6 Å². The smallest absolute Gasteiger partial charge is 0.255 e. The van der Waals surface area contributed by atoms with Crippen LogP contribution in [0.2, 0.25) is 0 Å². The lowest BCUT2D eigenvalue weighted by Crippen LogP contribution is -2.39. The molecule has 0 unspecified atom stereocenters. The van der Waals surface area contributed by atoms with Crippen LogP contribution in [0.4, 0.5) is 10.1 Å². The third-order valence-corrected chi connectivity index (χ3v) is 5.92. The zero-order chi connectivity index (χ0) is 24.2. The van der Waals surface area contributed by atoms with E-state index in [2.05, 4.69) is 25.6 Å². The second-order valence-corrected chi connectivity index (χ2v) is 9.77. The number of methoxy groups -OCH3 is 1. The standard InChI is InChI=1S/C21H25FN6O4S/c1-24-16-8-12(22)4-5-14(16)18(23)17-10-26-20-19(28-17)15(9-25-20)21(29)27-13(11-32-2)6-7-33(3,30)31/h4-5,8-10,13,23-24H,6-7,11H2,1-3H3,(H,25,26)(H,27,29)/t13-/m0/s1. The Morgan fingerprint density at radius 1 is 1.33 bits per heavy atom. The van der Waals surface area contributed by atoms with Gasteiger partial charge in [0.2, 0.25) is 0 Å². The number of hydrogen-bond donors (Lipinski definition) is 4. The molecule has 0 bridgehead atoms. The second-order valence-electron chi connectivity index (χ2n) is 7.51. The fourth-order valence-corrected chi connectivity index (χ4v) is 3.99. The molecule has 1 atom stereocenters. The van der Waals surface area contributed by atoms with E-state index in [1.807, 2.05) is 0 Å². The number of ether oxygens (including phenoxy) is 1. The van der Waals surface area contributed by atoms with Gasteiger partial charge in [-0.3, -0.25) is 10.2 Å². The molecule has 0 aliphatic carbocycles. The Hall–Kier alpha value is -3.38. The highest BCUT2D eigenvalue weighted by molar-refractivity contribution is 7.90. The average molecular weight is 477 g/mol. The van der Waals surface area contributed by atoms with Crippen molar-refractivity contribution in [3.63, 3.8) is 0 Å². The van der Waals surface area contributed by atoms with Crippen LogP contribution in [0.15, 0.2) is 30.6 Å². The number of carbonyl (C=O) groups is 1. The first-order valence-electron chi connectivity index (χ1n) is 10.0. The predicted molar refractivity (Wildman–Crippen MR) is 123 cm³/mol. The molecule has 3 rings (SSSR count). The lowest BCUT2D eigenvalue weighted by atomic mass is 10.1. The first-order chi connectivity index (χ1) is 15.6. The number of anilines is 1. The van der Waals surface area contributed by atoms with Crippen molar-refractivity contribution in [3.8, 4) is 0 Å². The largest absolute Gasteiger partial charge is 0.387 e. The third-order valence-electron chi connectivity index (χ3n) is 4.94. The maximum Gasteiger partial charge on any atom is 0.255 e. The van der Waals surface area contributed by atoms with E-state index in [0.717, 1.165) is 6.26 Å². The number of sulfone groups is 1. The lowest BCUT2D eigenvalue weighted by Gasteiger charge is -2.17. The van der Waals surface area contributed by atoms with Gasteiger partial charge in [0.05, 0.1) is 35.9 Å². The minimum absolute atomic E-state index is 0.00622. The van der Waals surface area contributed by atoms with Crippen molar-refractivity contribution in [3.05, 3.63) is 53.2 Å². The summed E-state index contributed by atoms with van der Waals surface area (Å²) in [5, 5.41) is 14.1. The number of aromatic amines is 1. The van der Waals surface area contributed by atoms with Crippen molar-refractivity contribution in [1.82, 2.24) is 20.3 Å². The molecular formula is C21H25FN6O4S. The summed E-state index contributed by atoms with van der Waals surface area (Å²) in [6, 6.07) is 3.47. The number of H-pyrrole nitrogens is 1. The van der Waals surface area contributed by atoms with Gasteiger partial charge in [-0.25, -0.2) is 22.8 Å². The first-order valence-corrected chi connectivity index (χ1v) is 12.1.